The molecule has 0 aromatic heterocycles. The highest BCUT2D eigenvalue weighted by Gasteiger charge is 2.47. The van der Waals surface area contributed by atoms with E-state index in [0.717, 1.165) is 16.7 Å². The Morgan fingerprint density at radius 2 is 1.15 bits per heavy atom. The monoisotopic (exact) mass is 464 g/mol. The van der Waals surface area contributed by atoms with Gasteiger partial charge in [-0.05, 0) is 16.7 Å². The summed E-state index contributed by atoms with van der Waals surface area (Å²) >= 11 is 0. The van der Waals surface area contributed by atoms with Gasteiger partial charge < -0.3 is 28.8 Å². The topological polar surface area (TPSA) is 66.4 Å². The average Bonchev–Trinajstić information content (AvgIpc) is 2.89. The molecule has 1 aliphatic heterocycles. The van der Waals surface area contributed by atoms with Crippen molar-refractivity contribution in [2.24, 2.45) is 0 Å². The SMILES string of the molecule is CO[C@H]1OC(COCc2ccccc2)[C@@H](OCc2ccccc2)C(OCc2ccccc2)C1O. The van der Waals surface area contributed by atoms with Crippen LogP contribution in [0.5, 0.6) is 0 Å². The van der Waals surface area contributed by atoms with Gasteiger partial charge in [0.15, 0.2) is 6.29 Å². The summed E-state index contributed by atoms with van der Waals surface area (Å²) in [5.41, 5.74) is 3.10. The van der Waals surface area contributed by atoms with E-state index in [-0.39, 0.29) is 6.61 Å². The van der Waals surface area contributed by atoms with Crippen LogP contribution in [-0.4, -0.2) is 49.5 Å². The summed E-state index contributed by atoms with van der Waals surface area (Å²) in [7, 11) is 1.51. The maximum atomic E-state index is 11.0. The van der Waals surface area contributed by atoms with Crippen LogP contribution in [-0.2, 0) is 43.5 Å². The lowest BCUT2D eigenvalue weighted by Gasteiger charge is -2.43. The molecular weight excluding hydrogens is 432 g/mol. The Morgan fingerprint density at radius 1 is 0.676 bits per heavy atom. The van der Waals surface area contributed by atoms with Crippen LogP contribution in [0, 0.1) is 0 Å². The van der Waals surface area contributed by atoms with Crippen molar-refractivity contribution in [3.8, 4) is 0 Å². The molecule has 1 aliphatic rings. The van der Waals surface area contributed by atoms with E-state index in [1.807, 2.05) is 91.0 Å². The number of rotatable bonds is 11. The number of hydrogen-bond donors (Lipinski definition) is 1. The maximum Gasteiger partial charge on any atom is 0.186 e. The molecule has 0 saturated carbocycles. The molecule has 0 spiro atoms. The van der Waals surface area contributed by atoms with Gasteiger partial charge in [0.2, 0.25) is 0 Å². The zero-order valence-electron chi connectivity index (χ0n) is 19.4. The van der Waals surface area contributed by atoms with Crippen molar-refractivity contribution in [3.05, 3.63) is 108 Å². The number of methoxy groups -OCH3 is 1. The van der Waals surface area contributed by atoms with Gasteiger partial charge in [0.25, 0.3) is 0 Å². The number of ether oxygens (including phenoxy) is 5. The normalized spacial score (nSPS) is 24.7. The second kappa shape index (κ2) is 12.8. The van der Waals surface area contributed by atoms with Crippen molar-refractivity contribution in [1.82, 2.24) is 0 Å². The molecule has 1 heterocycles. The molecule has 5 atom stereocenters. The number of hydrogen-bond acceptors (Lipinski definition) is 6. The molecule has 1 saturated heterocycles. The van der Waals surface area contributed by atoms with Gasteiger partial charge in [0, 0.05) is 7.11 Å². The zero-order chi connectivity index (χ0) is 23.6. The average molecular weight is 465 g/mol. The van der Waals surface area contributed by atoms with Crippen molar-refractivity contribution in [2.45, 2.75) is 50.5 Å². The summed E-state index contributed by atoms with van der Waals surface area (Å²) in [6.45, 7) is 1.41. The summed E-state index contributed by atoms with van der Waals surface area (Å²) in [6.07, 6.45) is -3.56. The van der Waals surface area contributed by atoms with Crippen LogP contribution in [0.4, 0.5) is 0 Å². The Kier molecular flexibility index (Phi) is 9.21. The molecule has 0 radical (unpaired) electrons. The van der Waals surface area contributed by atoms with E-state index in [9.17, 15) is 5.11 Å². The Labute approximate surface area is 201 Å². The molecule has 180 valence electrons. The summed E-state index contributed by atoms with van der Waals surface area (Å²) in [6, 6.07) is 29.7. The van der Waals surface area contributed by atoms with Crippen molar-refractivity contribution < 1.29 is 28.8 Å². The van der Waals surface area contributed by atoms with Crippen molar-refractivity contribution >= 4 is 0 Å². The van der Waals surface area contributed by atoms with Gasteiger partial charge in [-0.1, -0.05) is 91.0 Å². The lowest BCUT2D eigenvalue weighted by Crippen LogP contribution is -2.60. The minimum Gasteiger partial charge on any atom is -0.385 e. The Bertz CT molecular complexity index is 952. The molecule has 0 aliphatic carbocycles. The van der Waals surface area contributed by atoms with Crippen molar-refractivity contribution in [1.29, 1.82) is 0 Å². The van der Waals surface area contributed by atoms with Gasteiger partial charge in [-0.25, -0.2) is 0 Å². The first-order valence-corrected chi connectivity index (χ1v) is 11.5. The molecule has 6 nitrogen and oxygen atoms in total. The molecule has 1 fully saturated rings. The largest absolute Gasteiger partial charge is 0.385 e. The minimum atomic E-state index is -1.01. The first kappa shape index (κ1) is 24.5. The van der Waals surface area contributed by atoms with Crippen LogP contribution in [0.15, 0.2) is 91.0 Å². The van der Waals surface area contributed by atoms with Gasteiger partial charge in [0.1, 0.15) is 24.4 Å². The number of benzene rings is 3. The Balaban J connectivity index is 1.48. The highest BCUT2D eigenvalue weighted by atomic mass is 16.7. The second-order valence-corrected chi connectivity index (χ2v) is 8.29. The second-order valence-electron chi connectivity index (χ2n) is 8.29. The third kappa shape index (κ3) is 6.73. The van der Waals surface area contributed by atoms with Crippen LogP contribution >= 0.6 is 0 Å². The fourth-order valence-electron chi connectivity index (χ4n) is 4.02. The van der Waals surface area contributed by atoms with E-state index in [1.165, 1.54) is 7.11 Å². The van der Waals surface area contributed by atoms with E-state index in [1.54, 1.807) is 0 Å². The maximum absolute atomic E-state index is 11.0. The van der Waals surface area contributed by atoms with E-state index in [0.29, 0.717) is 19.8 Å². The molecule has 4 rings (SSSR count). The van der Waals surface area contributed by atoms with Gasteiger partial charge in [-0.15, -0.1) is 0 Å². The highest BCUT2D eigenvalue weighted by molar-refractivity contribution is 5.15. The van der Waals surface area contributed by atoms with Gasteiger partial charge in [-0.3, -0.25) is 0 Å². The predicted octanol–water partition coefficient (Wildman–Crippen LogP) is 4.11. The van der Waals surface area contributed by atoms with E-state index >= 15 is 0 Å². The highest BCUT2D eigenvalue weighted by Crippen LogP contribution is 2.28. The zero-order valence-corrected chi connectivity index (χ0v) is 19.4. The van der Waals surface area contributed by atoms with Gasteiger partial charge in [-0.2, -0.15) is 0 Å². The van der Waals surface area contributed by atoms with Gasteiger partial charge >= 0.3 is 0 Å². The fraction of sp³-hybridized carbons (Fsp3) is 0.357. The Hall–Kier alpha value is -2.58. The summed E-state index contributed by atoms with van der Waals surface area (Å²) in [5, 5.41) is 11.0. The lowest BCUT2D eigenvalue weighted by atomic mass is 9.98. The first-order valence-electron chi connectivity index (χ1n) is 11.5. The molecule has 0 amide bonds. The molecular formula is C28H32O6. The van der Waals surface area contributed by atoms with E-state index in [2.05, 4.69) is 0 Å². The van der Waals surface area contributed by atoms with Gasteiger partial charge in [0.05, 0.1) is 26.4 Å². The quantitative estimate of drug-likeness (QED) is 0.461. The minimum absolute atomic E-state index is 0.270. The first-order chi connectivity index (χ1) is 16.7. The van der Waals surface area contributed by atoms with Crippen molar-refractivity contribution in [3.63, 3.8) is 0 Å². The molecule has 34 heavy (non-hydrogen) atoms. The van der Waals surface area contributed by atoms with Crippen LogP contribution in [0.25, 0.3) is 0 Å². The number of aliphatic hydroxyl groups excluding tert-OH is 1. The summed E-state index contributed by atoms with van der Waals surface area (Å²) < 4.78 is 30.0. The van der Waals surface area contributed by atoms with Crippen LogP contribution in [0.3, 0.4) is 0 Å². The lowest BCUT2D eigenvalue weighted by molar-refractivity contribution is -0.313. The predicted molar refractivity (Wildman–Crippen MR) is 128 cm³/mol. The fourth-order valence-corrected chi connectivity index (χ4v) is 4.02. The third-order valence-electron chi connectivity index (χ3n) is 5.81. The molecule has 1 N–H and O–H groups in total. The Morgan fingerprint density at radius 3 is 1.65 bits per heavy atom. The summed E-state index contributed by atoms with van der Waals surface area (Å²) in [4.78, 5) is 0. The molecule has 3 aromatic carbocycles. The molecule has 0 bridgehead atoms. The third-order valence-corrected chi connectivity index (χ3v) is 5.81. The standard InChI is InChI=1S/C28H32O6/c1-30-28-25(29)27(33-19-23-15-9-4-10-16-23)26(32-18-22-13-7-3-8-14-22)24(34-28)20-31-17-21-11-5-2-6-12-21/h2-16,24-29H,17-20H2,1H3/t24?,25?,26-,27?,28+/m1/s1. The van der Waals surface area contributed by atoms with Crippen molar-refractivity contribution in [2.75, 3.05) is 13.7 Å². The van der Waals surface area contributed by atoms with Crippen LogP contribution in [0.2, 0.25) is 0 Å². The number of aliphatic hydroxyl groups is 1. The molecule has 3 aromatic rings. The van der Waals surface area contributed by atoms with E-state index in [4.69, 9.17) is 23.7 Å². The van der Waals surface area contributed by atoms with Crippen LogP contribution < -0.4 is 0 Å². The molecule has 6 heteroatoms. The summed E-state index contributed by atoms with van der Waals surface area (Å²) in [5.74, 6) is 0. The van der Waals surface area contributed by atoms with E-state index < -0.39 is 30.7 Å². The smallest absolute Gasteiger partial charge is 0.186 e. The molecule has 3 unspecified atom stereocenters. The van der Waals surface area contributed by atoms with Crippen LogP contribution in [0.1, 0.15) is 16.7 Å².